The number of hydrogen-bond acceptors (Lipinski definition) is 9. The smallest absolute Gasteiger partial charge is 0.490 e. The molecule has 4 N–H and O–H groups in total. The van der Waals surface area contributed by atoms with Crippen LogP contribution in [0.3, 0.4) is 0 Å². The Morgan fingerprint density at radius 1 is 1.09 bits per heavy atom. The Hall–Kier alpha value is -5.44. The molecule has 0 aliphatic carbocycles. The van der Waals surface area contributed by atoms with E-state index in [9.17, 15) is 36.4 Å². The molecule has 1 aromatic carbocycles. The van der Waals surface area contributed by atoms with Gasteiger partial charge in [-0.1, -0.05) is 11.6 Å². The van der Waals surface area contributed by atoms with Gasteiger partial charge in [0.15, 0.2) is 5.43 Å². The van der Waals surface area contributed by atoms with Crippen molar-refractivity contribution in [2.45, 2.75) is 32.2 Å². The van der Waals surface area contributed by atoms with Gasteiger partial charge < -0.3 is 25.3 Å². The van der Waals surface area contributed by atoms with E-state index in [4.69, 9.17) is 41.9 Å². The SMILES string of the molecule is COc1c([C@H](C)n2ccc(=O)c3c(N)ncnc32)cc(Cl)c(C)c1-c1ncccc1C#N.O=C(O)C(F)(F)F.O=C(O)C(F)(F)F. The van der Waals surface area contributed by atoms with E-state index in [1.165, 1.54) is 12.4 Å². The first-order chi connectivity index (χ1) is 21.3. The number of alkyl halides is 6. The molecule has 0 saturated heterocycles. The molecule has 1 atom stereocenters. The first-order valence-electron chi connectivity index (χ1n) is 12.2. The number of rotatable bonds is 4. The molecule has 3 aromatic heterocycles. The topological polar surface area (TPSA) is 194 Å². The number of carboxylic acid groups (broad SMARTS) is 2. The second-order valence-corrected chi connectivity index (χ2v) is 9.23. The first-order valence-corrected chi connectivity index (χ1v) is 12.6. The van der Waals surface area contributed by atoms with Gasteiger partial charge in [0.2, 0.25) is 0 Å². The lowest BCUT2D eigenvalue weighted by Gasteiger charge is -2.24. The summed E-state index contributed by atoms with van der Waals surface area (Å²) in [6, 6.07) is 8.46. The Labute approximate surface area is 259 Å². The van der Waals surface area contributed by atoms with Crippen molar-refractivity contribution in [2.24, 2.45) is 0 Å². The normalized spacial score (nSPS) is 11.7. The Kier molecular flexibility index (Phi) is 11.6. The molecule has 0 aliphatic rings. The standard InChI is InChI=1S/C23H19ClN6O2.2C2HF3O2/c1-12-16(24)9-15(21(32-3)18(12)20-14(10-25)5-4-7-27-20)13(2)30-8-6-17(31)19-22(26)28-11-29-23(19)30;2*3-2(4,5)1(6)7/h4-9,11,13H,1-3H3,(H2,26,28,29);2*(H,6,7)/t13-;;/m0../s1. The number of anilines is 1. The largest absolute Gasteiger partial charge is 0.496 e. The second-order valence-electron chi connectivity index (χ2n) is 8.82. The third-order valence-electron chi connectivity index (χ3n) is 5.96. The fraction of sp³-hybridized carbons (Fsp3) is 0.222. The number of aromatic nitrogens is 4. The predicted octanol–water partition coefficient (Wildman–Crippen LogP) is 5.15. The average Bonchev–Trinajstić information content (AvgIpc) is 2.97. The predicted molar refractivity (Wildman–Crippen MR) is 150 cm³/mol. The van der Waals surface area contributed by atoms with E-state index in [0.29, 0.717) is 33.2 Å². The number of methoxy groups -OCH3 is 1. The van der Waals surface area contributed by atoms with Crippen molar-refractivity contribution in [1.29, 1.82) is 5.26 Å². The van der Waals surface area contributed by atoms with Crippen LogP contribution in [0.4, 0.5) is 32.2 Å². The summed E-state index contributed by atoms with van der Waals surface area (Å²) in [4.78, 5) is 42.8. The minimum absolute atomic E-state index is 0.114. The lowest BCUT2D eigenvalue weighted by molar-refractivity contribution is -0.193. The summed E-state index contributed by atoms with van der Waals surface area (Å²) in [7, 11) is 1.56. The Morgan fingerprint density at radius 3 is 2.15 bits per heavy atom. The van der Waals surface area contributed by atoms with Gasteiger partial charge in [-0.25, -0.2) is 19.6 Å². The molecule has 0 saturated carbocycles. The van der Waals surface area contributed by atoms with Crippen LogP contribution in [0.2, 0.25) is 5.02 Å². The van der Waals surface area contributed by atoms with E-state index >= 15 is 0 Å². The van der Waals surface area contributed by atoms with Crippen LogP contribution in [0.5, 0.6) is 5.75 Å². The van der Waals surface area contributed by atoms with E-state index in [-0.39, 0.29) is 22.7 Å². The van der Waals surface area contributed by atoms with Crippen molar-refractivity contribution in [3.8, 4) is 23.1 Å². The van der Waals surface area contributed by atoms with Gasteiger partial charge in [-0.05, 0) is 37.6 Å². The van der Waals surface area contributed by atoms with E-state index in [1.54, 1.807) is 31.6 Å². The number of fused-ring (bicyclic) bond motifs is 1. The van der Waals surface area contributed by atoms with Crippen molar-refractivity contribution in [2.75, 3.05) is 12.8 Å². The fourth-order valence-corrected chi connectivity index (χ4v) is 4.05. The molecule has 244 valence electrons. The van der Waals surface area contributed by atoms with Gasteiger partial charge >= 0.3 is 24.3 Å². The molecule has 0 spiro atoms. The van der Waals surface area contributed by atoms with Crippen LogP contribution in [-0.4, -0.2) is 61.1 Å². The van der Waals surface area contributed by atoms with Crippen LogP contribution in [0.25, 0.3) is 22.3 Å². The number of aliphatic carboxylic acids is 2. The number of nitrogen functional groups attached to an aromatic ring is 1. The fourth-order valence-electron chi connectivity index (χ4n) is 3.84. The van der Waals surface area contributed by atoms with E-state index in [2.05, 4.69) is 21.0 Å². The highest BCUT2D eigenvalue weighted by molar-refractivity contribution is 6.32. The quantitative estimate of drug-likeness (QED) is 0.242. The minimum atomic E-state index is -5.08. The molecule has 0 unspecified atom stereocenters. The number of pyridine rings is 2. The zero-order valence-electron chi connectivity index (χ0n) is 23.6. The van der Waals surface area contributed by atoms with Crippen molar-refractivity contribution in [3.05, 3.63) is 74.9 Å². The number of hydrogen-bond donors (Lipinski definition) is 3. The number of carboxylic acids is 2. The van der Waals surface area contributed by atoms with Gasteiger partial charge in [0, 0.05) is 34.6 Å². The zero-order valence-corrected chi connectivity index (χ0v) is 24.4. The monoisotopic (exact) mass is 674 g/mol. The van der Waals surface area contributed by atoms with Crippen LogP contribution in [0.15, 0.2) is 47.8 Å². The van der Waals surface area contributed by atoms with E-state index in [0.717, 1.165) is 11.1 Å². The van der Waals surface area contributed by atoms with Gasteiger partial charge in [0.05, 0.1) is 24.4 Å². The molecule has 0 radical (unpaired) electrons. The third-order valence-corrected chi connectivity index (χ3v) is 6.35. The Morgan fingerprint density at radius 2 is 1.65 bits per heavy atom. The maximum atomic E-state index is 12.4. The van der Waals surface area contributed by atoms with Crippen molar-refractivity contribution in [1.82, 2.24) is 19.5 Å². The highest BCUT2D eigenvalue weighted by Gasteiger charge is 2.39. The number of ether oxygens (including phenoxy) is 1. The van der Waals surface area contributed by atoms with Gasteiger partial charge in [0.1, 0.15) is 35.0 Å². The molecular formula is C27H21ClF6N6O6. The maximum absolute atomic E-state index is 12.4. The van der Waals surface area contributed by atoms with Crippen LogP contribution in [0.1, 0.15) is 29.7 Å². The molecule has 3 heterocycles. The van der Waals surface area contributed by atoms with Crippen molar-refractivity contribution >= 4 is 40.4 Å². The molecular weight excluding hydrogens is 654 g/mol. The molecule has 46 heavy (non-hydrogen) atoms. The summed E-state index contributed by atoms with van der Waals surface area (Å²) in [6.45, 7) is 3.78. The molecule has 0 amide bonds. The Balaban J connectivity index is 0.000000440. The maximum Gasteiger partial charge on any atom is 0.490 e. The molecule has 19 heteroatoms. The highest BCUT2D eigenvalue weighted by Crippen LogP contribution is 2.43. The number of nitriles is 1. The zero-order chi connectivity index (χ0) is 35.1. The van der Waals surface area contributed by atoms with Crippen LogP contribution in [-0.2, 0) is 9.59 Å². The number of benzene rings is 1. The molecule has 0 fully saturated rings. The number of halogens is 7. The van der Waals surface area contributed by atoms with Gasteiger partial charge in [0.25, 0.3) is 0 Å². The van der Waals surface area contributed by atoms with Gasteiger partial charge in [-0.15, -0.1) is 0 Å². The molecule has 0 aliphatic heterocycles. The number of nitrogens with two attached hydrogens (primary N) is 1. The van der Waals surface area contributed by atoms with Crippen molar-refractivity contribution < 1.29 is 50.9 Å². The van der Waals surface area contributed by atoms with Gasteiger partial charge in [-0.2, -0.15) is 31.6 Å². The number of nitrogens with zero attached hydrogens (tertiary/aromatic N) is 5. The minimum Gasteiger partial charge on any atom is -0.496 e. The Bertz CT molecular complexity index is 1850. The van der Waals surface area contributed by atoms with Gasteiger partial charge in [-0.3, -0.25) is 9.78 Å². The third kappa shape index (κ3) is 8.38. The van der Waals surface area contributed by atoms with Crippen LogP contribution < -0.4 is 15.9 Å². The van der Waals surface area contributed by atoms with E-state index in [1.807, 2.05) is 24.5 Å². The molecule has 12 nitrogen and oxygen atoms in total. The van der Waals surface area contributed by atoms with Crippen LogP contribution in [0, 0.1) is 18.3 Å². The second kappa shape index (κ2) is 14.6. The summed E-state index contributed by atoms with van der Waals surface area (Å²) >= 11 is 6.62. The molecule has 0 bridgehead atoms. The lowest BCUT2D eigenvalue weighted by Crippen LogP contribution is -2.21. The lowest BCUT2D eigenvalue weighted by atomic mass is 9.94. The summed E-state index contributed by atoms with van der Waals surface area (Å²) in [5, 5.41) is 24.6. The summed E-state index contributed by atoms with van der Waals surface area (Å²) in [5.74, 6) is -4.87. The first kappa shape index (κ1) is 36.8. The van der Waals surface area contributed by atoms with Crippen LogP contribution >= 0.6 is 11.6 Å². The number of carbonyl (C=O) groups is 2. The highest BCUT2D eigenvalue weighted by atomic mass is 35.5. The molecule has 4 aromatic rings. The van der Waals surface area contributed by atoms with Crippen molar-refractivity contribution in [3.63, 3.8) is 0 Å². The molecule has 4 rings (SSSR count). The summed E-state index contributed by atoms with van der Waals surface area (Å²) < 4.78 is 71.1. The average molecular weight is 675 g/mol. The summed E-state index contributed by atoms with van der Waals surface area (Å²) in [5.41, 5.74) is 9.08. The van der Waals surface area contributed by atoms with E-state index < -0.39 is 24.3 Å². The summed E-state index contributed by atoms with van der Waals surface area (Å²) in [6.07, 6.45) is -5.58.